The van der Waals surface area contributed by atoms with E-state index in [2.05, 4.69) is 4.72 Å². The molecule has 0 unspecified atom stereocenters. The quantitative estimate of drug-likeness (QED) is 0.710. The second kappa shape index (κ2) is 6.99. The summed E-state index contributed by atoms with van der Waals surface area (Å²) in [5.41, 5.74) is 2.22. The van der Waals surface area contributed by atoms with Crippen LogP contribution in [-0.2, 0) is 10.0 Å². The van der Waals surface area contributed by atoms with Gasteiger partial charge in [0, 0.05) is 0 Å². The van der Waals surface area contributed by atoms with Crippen LogP contribution >= 0.6 is 0 Å². The van der Waals surface area contributed by atoms with Crippen LogP contribution in [0.2, 0.25) is 0 Å². The Labute approximate surface area is 148 Å². The highest BCUT2D eigenvalue weighted by atomic mass is 32.2. The molecular weight excluding hydrogens is 334 g/mol. The zero-order valence-electron chi connectivity index (χ0n) is 14.1. The highest BCUT2D eigenvalue weighted by molar-refractivity contribution is 7.92. The molecule has 4 nitrogen and oxygen atoms in total. The predicted octanol–water partition coefficient (Wildman–Crippen LogP) is 4.90. The summed E-state index contributed by atoms with van der Waals surface area (Å²) in [7, 11) is -3.70. The lowest BCUT2D eigenvalue weighted by Crippen LogP contribution is -2.14. The smallest absolute Gasteiger partial charge is 0.262 e. The summed E-state index contributed by atoms with van der Waals surface area (Å²) in [4.78, 5) is 0.215. The Morgan fingerprint density at radius 1 is 0.800 bits per heavy atom. The van der Waals surface area contributed by atoms with Gasteiger partial charge >= 0.3 is 0 Å². The molecule has 0 aliphatic heterocycles. The molecule has 5 heteroatoms. The number of ether oxygens (including phenoxy) is 1. The van der Waals surface area contributed by atoms with E-state index in [9.17, 15) is 8.42 Å². The van der Waals surface area contributed by atoms with Crippen LogP contribution in [0, 0.1) is 13.8 Å². The number of hydrogen-bond donors (Lipinski definition) is 1. The van der Waals surface area contributed by atoms with Gasteiger partial charge < -0.3 is 4.74 Å². The van der Waals surface area contributed by atoms with Gasteiger partial charge in [0.15, 0.2) is 5.75 Å². The van der Waals surface area contributed by atoms with Crippen molar-refractivity contribution in [3.8, 4) is 11.5 Å². The van der Waals surface area contributed by atoms with Crippen LogP contribution in [0.3, 0.4) is 0 Å². The Kier molecular flexibility index (Phi) is 4.76. The van der Waals surface area contributed by atoms with Crippen LogP contribution < -0.4 is 9.46 Å². The largest absolute Gasteiger partial charge is 0.455 e. The first-order valence-electron chi connectivity index (χ1n) is 7.88. The minimum Gasteiger partial charge on any atom is -0.455 e. The number of anilines is 1. The molecule has 3 aromatic rings. The molecule has 25 heavy (non-hydrogen) atoms. The highest BCUT2D eigenvalue weighted by Crippen LogP contribution is 2.33. The third kappa shape index (κ3) is 4.00. The van der Waals surface area contributed by atoms with Crippen molar-refractivity contribution in [1.82, 2.24) is 0 Å². The normalized spacial score (nSPS) is 11.1. The van der Waals surface area contributed by atoms with E-state index in [4.69, 9.17) is 4.74 Å². The second-order valence-corrected chi connectivity index (χ2v) is 7.46. The Balaban J connectivity index is 1.95. The Hall–Kier alpha value is -2.79. The van der Waals surface area contributed by atoms with Gasteiger partial charge in [-0.05, 0) is 49.7 Å². The van der Waals surface area contributed by atoms with E-state index in [-0.39, 0.29) is 4.90 Å². The lowest BCUT2D eigenvalue weighted by Gasteiger charge is -2.16. The maximum absolute atomic E-state index is 12.7. The van der Waals surface area contributed by atoms with E-state index in [1.807, 2.05) is 56.3 Å². The maximum atomic E-state index is 12.7. The number of aryl methyl sites for hydroxylation is 2. The molecule has 0 aliphatic carbocycles. The fourth-order valence-corrected chi connectivity index (χ4v) is 3.53. The van der Waals surface area contributed by atoms with Crippen LogP contribution in [0.15, 0.2) is 77.7 Å². The van der Waals surface area contributed by atoms with Gasteiger partial charge in [0.2, 0.25) is 0 Å². The Morgan fingerprint density at radius 2 is 1.48 bits per heavy atom. The van der Waals surface area contributed by atoms with E-state index in [0.29, 0.717) is 17.2 Å². The molecule has 128 valence electrons. The molecule has 0 aromatic heterocycles. The molecule has 0 spiro atoms. The van der Waals surface area contributed by atoms with E-state index >= 15 is 0 Å². The number of nitrogens with one attached hydrogen (secondary N) is 1. The first-order chi connectivity index (χ1) is 12.0. The number of para-hydroxylation sites is 2. The van der Waals surface area contributed by atoms with Gasteiger partial charge in [-0.15, -0.1) is 0 Å². The van der Waals surface area contributed by atoms with Crippen molar-refractivity contribution in [2.24, 2.45) is 0 Å². The first-order valence-corrected chi connectivity index (χ1v) is 9.36. The molecule has 1 N–H and O–H groups in total. The molecule has 0 aliphatic rings. The van der Waals surface area contributed by atoms with E-state index in [1.165, 1.54) is 0 Å². The number of benzene rings is 3. The fraction of sp³-hybridized carbons (Fsp3) is 0.100. The van der Waals surface area contributed by atoms with Crippen molar-refractivity contribution in [2.45, 2.75) is 18.7 Å². The monoisotopic (exact) mass is 353 g/mol. The molecule has 0 atom stereocenters. The summed E-state index contributed by atoms with van der Waals surface area (Å²) in [5.74, 6) is 1.10. The third-order valence-electron chi connectivity index (χ3n) is 3.77. The molecule has 3 aromatic carbocycles. The van der Waals surface area contributed by atoms with Gasteiger partial charge in [-0.2, -0.15) is 0 Å². The van der Waals surface area contributed by atoms with Crippen LogP contribution in [0.1, 0.15) is 11.1 Å². The topological polar surface area (TPSA) is 55.4 Å². The molecule has 3 rings (SSSR count). The number of rotatable bonds is 5. The van der Waals surface area contributed by atoms with Gasteiger partial charge in [0.05, 0.1) is 10.6 Å². The second-order valence-electron chi connectivity index (χ2n) is 5.78. The summed E-state index contributed by atoms with van der Waals surface area (Å²) >= 11 is 0. The standard InChI is InChI=1S/C20H19NO3S/c1-15-11-13-18(14-12-15)25(22,23)21-20-16(2)7-6-10-19(20)24-17-8-4-3-5-9-17/h3-14,21H,1-2H3. The summed E-state index contributed by atoms with van der Waals surface area (Å²) in [6.07, 6.45) is 0. The van der Waals surface area contributed by atoms with Crippen molar-refractivity contribution < 1.29 is 13.2 Å². The summed E-state index contributed by atoms with van der Waals surface area (Å²) < 4.78 is 33.9. The number of sulfonamides is 1. The lowest BCUT2D eigenvalue weighted by molar-refractivity contribution is 0.484. The Bertz CT molecular complexity index is 966. The fourth-order valence-electron chi connectivity index (χ4n) is 2.38. The molecule has 0 saturated heterocycles. The molecule has 0 fully saturated rings. The van der Waals surface area contributed by atoms with Gasteiger partial charge in [0.25, 0.3) is 10.0 Å². The molecule has 0 amide bonds. The van der Waals surface area contributed by atoms with Crippen molar-refractivity contribution in [2.75, 3.05) is 4.72 Å². The van der Waals surface area contributed by atoms with E-state index in [0.717, 1.165) is 11.1 Å². The molecule has 0 bridgehead atoms. The van der Waals surface area contributed by atoms with Crippen molar-refractivity contribution >= 4 is 15.7 Å². The van der Waals surface area contributed by atoms with Crippen molar-refractivity contribution in [3.63, 3.8) is 0 Å². The van der Waals surface area contributed by atoms with Crippen LogP contribution in [0.5, 0.6) is 11.5 Å². The van der Waals surface area contributed by atoms with Gasteiger partial charge in [-0.1, -0.05) is 48.0 Å². The first kappa shape index (κ1) is 17.0. The minimum absolute atomic E-state index is 0.215. The Morgan fingerprint density at radius 3 is 2.16 bits per heavy atom. The molecule has 0 saturated carbocycles. The lowest BCUT2D eigenvalue weighted by atomic mass is 10.2. The zero-order chi connectivity index (χ0) is 17.9. The summed E-state index contributed by atoms with van der Waals surface area (Å²) in [5, 5.41) is 0. The zero-order valence-corrected chi connectivity index (χ0v) is 14.9. The molecule has 0 radical (unpaired) electrons. The van der Waals surface area contributed by atoms with E-state index in [1.54, 1.807) is 30.3 Å². The van der Waals surface area contributed by atoms with Gasteiger partial charge in [0.1, 0.15) is 5.75 Å². The average Bonchev–Trinajstić information content (AvgIpc) is 2.59. The molecular formula is C20H19NO3S. The van der Waals surface area contributed by atoms with Gasteiger partial charge in [-0.3, -0.25) is 4.72 Å². The third-order valence-corrected chi connectivity index (χ3v) is 5.14. The van der Waals surface area contributed by atoms with Crippen LogP contribution in [-0.4, -0.2) is 8.42 Å². The minimum atomic E-state index is -3.70. The maximum Gasteiger partial charge on any atom is 0.262 e. The predicted molar refractivity (Wildman–Crippen MR) is 99.7 cm³/mol. The summed E-state index contributed by atoms with van der Waals surface area (Å²) in [6, 6.07) is 21.4. The van der Waals surface area contributed by atoms with Crippen molar-refractivity contribution in [1.29, 1.82) is 0 Å². The average molecular weight is 353 g/mol. The summed E-state index contributed by atoms with van der Waals surface area (Å²) in [6.45, 7) is 3.75. The molecule has 0 heterocycles. The van der Waals surface area contributed by atoms with Crippen molar-refractivity contribution in [3.05, 3.63) is 83.9 Å². The van der Waals surface area contributed by atoms with E-state index < -0.39 is 10.0 Å². The highest BCUT2D eigenvalue weighted by Gasteiger charge is 2.18. The van der Waals surface area contributed by atoms with Crippen LogP contribution in [0.25, 0.3) is 0 Å². The number of hydrogen-bond acceptors (Lipinski definition) is 3. The SMILES string of the molecule is Cc1ccc(S(=O)(=O)Nc2c(C)cccc2Oc2ccccc2)cc1. The van der Waals surface area contributed by atoms with Gasteiger partial charge in [-0.25, -0.2) is 8.42 Å². The van der Waals surface area contributed by atoms with Crippen LogP contribution in [0.4, 0.5) is 5.69 Å².